The first-order chi connectivity index (χ1) is 10.1. The van der Waals surface area contributed by atoms with Crippen molar-refractivity contribution in [1.82, 2.24) is 0 Å². The highest BCUT2D eigenvalue weighted by atomic mass is 32.1. The topological polar surface area (TPSA) is 55.1 Å². The predicted molar refractivity (Wildman–Crippen MR) is 84.0 cm³/mol. The van der Waals surface area contributed by atoms with E-state index >= 15 is 0 Å². The zero-order valence-corrected chi connectivity index (χ0v) is 12.4. The van der Waals surface area contributed by atoms with Gasteiger partial charge in [-0.2, -0.15) is 0 Å². The number of hydrogen-bond donors (Lipinski definition) is 2. The van der Waals surface area contributed by atoms with Gasteiger partial charge in [0.1, 0.15) is 5.82 Å². The highest BCUT2D eigenvalue weighted by Gasteiger charge is 2.10. The van der Waals surface area contributed by atoms with Gasteiger partial charge in [0.15, 0.2) is 0 Å². The number of halogens is 1. The summed E-state index contributed by atoms with van der Waals surface area (Å²) >= 11 is 1.45. The van der Waals surface area contributed by atoms with Crippen molar-refractivity contribution in [3.05, 3.63) is 51.5 Å². The molecule has 0 bridgehead atoms. The van der Waals surface area contributed by atoms with Crippen molar-refractivity contribution in [1.29, 1.82) is 0 Å². The highest BCUT2D eigenvalue weighted by molar-refractivity contribution is 7.14. The van der Waals surface area contributed by atoms with Gasteiger partial charge in [-0.1, -0.05) is 18.8 Å². The van der Waals surface area contributed by atoms with Crippen molar-refractivity contribution in [3.63, 3.8) is 0 Å². The van der Waals surface area contributed by atoms with Crippen molar-refractivity contribution in [2.75, 3.05) is 11.9 Å². The van der Waals surface area contributed by atoms with Crippen LogP contribution in [0.1, 0.15) is 27.0 Å². The lowest BCUT2D eigenvalue weighted by atomic mass is 10.2. The largest absolute Gasteiger partial charge is 0.321 e. The number of rotatable bonds is 3. The van der Waals surface area contributed by atoms with Crippen LogP contribution < -0.4 is 11.1 Å². The first kappa shape index (κ1) is 15.2. The number of anilines is 1. The highest BCUT2D eigenvalue weighted by Crippen LogP contribution is 2.20. The maximum Gasteiger partial charge on any atom is 0.265 e. The second-order valence-corrected chi connectivity index (χ2v) is 5.44. The Morgan fingerprint density at radius 1 is 1.38 bits per heavy atom. The number of carbonyl (C=O) groups excluding carboxylic acids is 1. The van der Waals surface area contributed by atoms with Crippen LogP contribution in [0.3, 0.4) is 0 Å². The normalized spacial score (nSPS) is 9.86. The summed E-state index contributed by atoms with van der Waals surface area (Å²) in [5.74, 6) is 4.60. The average molecular weight is 302 g/mol. The Morgan fingerprint density at radius 3 is 2.86 bits per heavy atom. The fraction of sp³-hybridized carbons (Fsp3) is 0.188. The van der Waals surface area contributed by atoms with E-state index in [1.54, 1.807) is 6.07 Å². The van der Waals surface area contributed by atoms with Crippen LogP contribution in [0.4, 0.5) is 10.1 Å². The number of carbonyl (C=O) groups is 1. The molecule has 0 aliphatic rings. The third-order valence-electron chi connectivity index (χ3n) is 2.78. The van der Waals surface area contributed by atoms with Crippen molar-refractivity contribution in [2.45, 2.75) is 13.3 Å². The van der Waals surface area contributed by atoms with Gasteiger partial charge in [0.05, 0.1) is 17.0 Å². The van der Waals surface area contributed by atoms with Crippen LogP contribution in [0.25, 0.3) is 0 Å². The third-order valence-corrected chi connectivity index (χ3v) is 4.01. The Morgan fingerprint density at radius 2 is 2.19 bits per heavy atom. The smallest absolute Gasteiger partial charge is 0.265 e. The lowest BCUT2D eigenvalue weighted by Gasteiger charge is -2.04. The summed E-state index contributed by atoms with van der Waals surface area (Å²) in [7, 11) is 0. The van der Waals surface area contributed by atoms with E-state index in [2.05, 4.69) is 17.2 Å². The first-order valence-corrected chi connectivity index (χ1v) is 7.34. The van der Waals surface area contributed by atoms with Gasteiger partial charge in [-0.3, -0.25) is 4.79 Å². The van der Waals surface area contributed by atoms with Crippen LogP contribution in [0, 0.1) is 17.7 Å². The van der Waals surface area contributed by atoms with E-state index in [0.717, 1.165) is 11.3 Å². The maximum absolute atomic E-state index is 13.5. The van der Waals surface area contributed by atoms with Crippen LogP contribution in [0.2, 0.25) is 0 Å². The van der Waals surface area contributed by atoms with Gasteiger partial charge in [-0.05, 0) is 36.8 Å². The molecule has 1 amide bonds. The Kier molecular flexibility index (Phi) is 5.09. The van der Waals surface area contributed by atoms with E-state index in [4.69, 9.17) is 5.73 Å². The molecule has 0 saturated heterocycles. The summed E-state index contributed by atoms with van der Waals surface area (Å²) in [6.45, 7) is 2.20. The fourth-order valence-electron chi connectivity index (χ4n) is 1.73. The number of nitrogens with two attached hydrogens (primary N) is 1. The molecule has 3 N–H and O–H groups in total. The summed E-state index contributed by atoms with van der Waals surface area (Å²) < 4.78 is 13.5. The van der Waals surface area contributed by atoms with Crippen LogP contribution in [0.5, 0.6) is 0 Å². The third kappa shape index (κ3) is 3.91. The quantitative estimate of drug-likeness (QED) is 0.856. The van der Waals surface area contributed by atoms with Crippen molar-refractivity contribution >= 4 is 22.9 Å². The van der Waals surface area contributed by atoms with Crippen LogP contribution in [-0.2, 0) is 6.42 Å². The molecule has 0 unspecified atom stereocenters. The standard InChI is InChI=1S/C16H15FN2OS/c1-2-13-6-8-15(21-13)16(20)19-12-5-7-14(17)11(10-12)4-3-9-18/h5-8,10H,2,9,18H2,1H3,(H,19,20). The van der Waals surface area contributed by atoms with Crippen LogP contribution >= 0.6 is 11.3 Å². The van der Waals surface area contributed by atoms with E-state index in [9.17, 15) is 9.18 Å². The van der Waals surface area contributed by atoms with Crippen molar-refractivity contribution in [3.8, 4) is 11.8 Å². The van der Waals surface area contributed by atoms with Gasteiger partial charge < -0.3 is 11.1 Å². The van der Waals surface area contributed by atoms with Gasteiger partial charge in [0.25, 0.3) is 5.91 Å². The summed E-state index contributed by atoms with van der Waals surface area (Å²) in [6.07, 6.45) is 0.896. The maximum atomic E-state index is 13.5. The summed E-state index contributed by atoms with van der Waals surface area (Å²) in [5.41, 5.74) is 6.00. The molecule has 21 heavy (non-hydrogen) atoms. The molecule has 1 aromatic carbocycles. The molecule has 0 fully saturated rings. The summed E-state index contributed by atoms with van der Waals surface area (Å²) in [4.78, 5) is 13.9. The van der Waals surface area contributed by atoms with E-state index < -0.39 is 5.82 Å². The van der Waals surface area contributed by atoms with Crippen LogP contribution in [-0.4, -0.2) is 12.5 Å². The minimum Gasteiger partial charge on any atom is -0.321 e. The summed E-state index contributed by atoms with van der Waals surface area (Å²) in [5, 5.41) is 2.75. The Labute approximate surface area is 127 Å². The van der Waals surface area contributed by atoms with Crippen molar-refractivity contribution < 1.29 is 9.18 Å². The molecule has 0 aliphatic heterocycles. The Balaban J connectivity index is 2.17. The molecule has 0 radical (unpaired) electrons. The average Bonchev–Trinajstić information content (AvgIpc) is 2.97. The SMILES string of the molecule is CCc1ccc(C(=O)Nc2ccc(F)c(C#CCN)c2)s1. The van der Waals surface area contributed by atoms with Gasteiger partial charge in [0, 0.05) is 10.6 Å². The molecular weight excluding hydrogens is 287 g/mol. The van der Waals surface area contributed by atoms with Crippen molar-refractivity contribution in [2.24, 2.45) is 5.73 Å². The molecule has 3 nitrogen and oxygen atoms in total. The van der Waals surface area contributed by atoms with Gasteiger partial charge in [-0.15, -0.1) is 11.3 Å². The number of amides is 1. The van der Waals surface area contributed by atoms with Gasteiger partial charge in [-0.25, -0.2) is 4.39 Å². The molecule has 0 atom stereocenters. The second kappa shape index (κ2) is 7.02. The van der Waals surface area contributed by atoms with Gasteiger partial charge in [0.2, 0.25) is 0 Å². The first-order valence-electron chi connectivity index (χ1n) is 6.52. The van der Waals surface area contributed by atoms with Gasteiger partial charge >= 0.3 is 0 Å². The molecule has 108 valence electrons. The Bertz CT molecular complexity index is 713. The number of aryl methyl sites for hydroxylation is 1. The van der Waals surface area contributed by atoms with E-state index in [-0.39, 0.29) is 18.0 Å². The molecule has 5 heteroatoms. The Hall–Kier alpha value is -2.16. The van der Waals surface area contributed by atoms with E-state index in [1.807, 2.05) is 13.0 Å². The fourth-order valence-corrected chi connectivity index (χ4v) is 2.57. The molecule has 2 aromatic rings. The minimum atomic E-state index is -0.432. The zero-order chi connectivity index (χ0) is 15.2. The molecule has 0 spiro atoms. The zero-order valence-electron chi connectivity index (χ0n) is 11.6. The molecule has 2 rings (SSSR count). The number of nitrogens with one attached hydrogen (secondary N) is 1. The van der Waals surface area contributed by atoms with Crippen LogP contribution in [0.15, 0.2) is 30.3 Å². The van der Waals surface area contributed by atoms with E-state index in [1.165, 1.54) is 29.5 Å². The monoisotopic (exact) mass is 302 g/mol. The molecule has 1 heterocycles. The number of benzene rings is 1. The lowest BCUT2D eigenvalue weighted by Crippen LogP contribution is -2.10. The number of hydrogen-bond acceptors (Lipinski definition) is 3. The molecule has 0 saturated carbocycles. The summed E-state index contributed by atoms with van der Waals surface area (Å²) in [6, 6.07) is 8.02. The van der Waals surface area contributed by atoms with E-state index in [0.29, 0.717) is 10.6 Å². The lowest BCUT2D eigenvalue weighted by molar-refractivity contribution is 0.103. The number of thiophene rings is 1. The minimum absolute atomic E-state index is 0.158. The second-order valence-electron chi connectivity index (χ2n) is 4.27. The molecule has 0 aliphatic carbocycles. The molecule has 1 aromatic heterocycles. The molecular formula is C16H15FN2OS. The predicted octanol–water partition coefficient (Wildman–Crippen LogP) is 3.01.